The van der Waals surface area contributed by atoms with Crippen LogP contribution in [-0.4, -0.2) is 49.0 Å². The maximum Gasteiger partial charge on any atom is 0.410 e. The van der Waals surface area contributed by atoms with Crippen molar-refractivity contribution in [2.75, 3.05) is 13.1 Å². The van der Waals surface area contributed by atoms with Crippen LogP contribution in [0.25, 0.3) is 0 Å². The van der Waals surface area contributed by atoms with E-state index in [0.29, 0.717) is 13.0 Å². The third kappa shape index (κ3) is 4.25. The van der Waals surface area contributed by atoms with Crippen LogP contribution in [0.5, 0.6) is 0 Å². The lowest BCUT2D eigenvalue weighted by molar-refractivity contribution is -0.388. The van der Waals surface area contributed by atoms with E-state index in [0.717, 1.165) is 0 Å². The average Bonchev–Trinajstić information content (AvgIpc) is 2.94. The lowest BCUT2D eigenvalue weighted by atomic mass is 10.2. The van der Waals surface area contributed by atoms with Gasteiger partial charge in [-0.2, -0.15) is 0 Å². The Bertz CT molecular complexity index is 644. The maximum atomic E-state index is 12.6. The summed E-state index contributed by atoms with van der Waals surface area (Å²) in [5, 5.41) is 10.6. The summed E-state index contributed by atoms with van der Waals surface area (Å²) in [6.07, 6.45) is 1.40. The Morgan fingerprint density at radius 2 is 2.22 bits per heavy atom. The van der Waals surface area contributed by atoms with E-state index in [1.54, 1.807) is 20.8 Å². The van der Waals surface area contributed by atoms with Crippen LogP contribution in [0.3, 0.4) is 0 Å². The Balaban J connectivity index is 2.09. The van der Waals surface area contributed by atoms with Gasteiger partial charge in [0.25, 0.3) is 0 Å². The Morgan fingerprint density at radius 1 is 1.52 bits per heavy atom. The highest BCUT2D eigenvalue weighted by Crippen LogP contribution is 2.26. The molecule has 0 bridgehead atoms. The van der Waals surface area contributed by atoms with Crippen LogP contribution in [-0.2, 0) is 15.5 Å². The summed E-state index contributed by atoms with van der Waals surface area (Å²) < 4.78 is 17.9. The Kier molecular flexibility index (Phi) is 4.98. The zero-order chi connectivity index (χ0) is 17.2. The van der Waals surface area contributed by atoms with Gasteiger partial charge in [-0.15, -0.1) is 0 Å². The van der Waals surface area contributed by atoms with Gasteiger partial charge in [0.2, 0.25) is 5.03 Å². The predicted octanol–water partition coefficient (Wildman–Crippen LogP) is 2.11. The van der Waals surface area contributed by atoms with E-state index in [4.69, 9.17) is 4.74 Å². The van der Waals surface area contributed by atoms with Crippen LogP contribution in [0, 0.1) is 10.1 Å². The highest BCUT2D eigenvalue weighted by atomic mass is 32.2. The van der Waals surface area contributed by atoms with Crippen molar-refractivity contribution in [1.29, 1.82) is 0 Å². The first-order valence-corrected chi connectivity index (χ1v) is 8.38. The van der Waals surface area contributed by atoms with Crippen LogP contribution < -0.4 is 0 Å². The number of aromatic nitrogens is 1. The van der Waals surface area contributed by atoms with E-state index in [9.17, 15) is 19.1 Å². The first-order chi connectivity index (χ1) is 10.7. The lowest BCUT2D eigenvalue weighted by Gasteiger charge is -2.24. The highest BCUT2D eigenvalue weighted by molar-refractivity contribution is 7.85. The molecular formula is C14H19N3O5S. The number of carbonyl (C=O) groups excluding carboxylic acids is 1. The molecule has 0 aliphatic carbocycles. The fourth-order valence-electron chi connectivity index (χ4n) is 2.23. The molecule has 1 aliphatic heterocycles. The number of pyridine rings is 1. The third-order valence-electron chi connectivity index (χ3n) is 3.24. The predicted molar refractivity (Wildman–Crippen MR) is 83.5 cm³/mol. The number of carbonyl (C=O) groups is 1. The molecule has 0 spiro atoms. The molecule has 2 atom stereocenters. The molecule has 0 saturated carbocycles. The summed E-state index contributed by atoms with van der Waals surface area (Å²) in [6, 6.07) is 2.71. The Labute approximate surface area is 136 Å². The number of likely N-dealkylation sites (tertiary alicyclic amines) is 1. The summed E-state index contributed by atoms with van der Waals surface area (Å²) in [7, 11) is -1.65. The van der Waals surface area contributed by atoms with Crippen LogP contribution in [0.1, 0.15) is 27.2 Å². The number of rotatable bonds is 3. The number of ether oxygens (including phenoxy) is 1. The van der Waals surface area contributed by atoms with E-state index < -0.39 is 32.7 Å². The second kappa shape index (κ2) is 6.61. The zero-order valence-electron chi connectivity index (χ0n) is 13.2. The number of nitrogens with zero attached hydrogens (tertiary/aromatic N) is 3. The number of hydrogen-bond acceptors (Lipinski definition) is 6. The molecule has 9 heteroatoms. The molecule has 1 aliphatic rings. The van der Waals surface area contributed by atoms with Crippen LogP contribution >= 0.6 is 0 Å². The molecular weight excluding hydrogens is 322 g/mol. The van der Waals surface area contributed by atoms with Gasteiger partial charge >= 0.3 is 11.8 Å². The molecule has 8 nitrogen and oxygen atoms in total. The molecule has 1 amide bonds. The second-order valence-corrected chi connectivity index (χ2v) is 7.87. The van der Waals surface area contributed by atoms with Gasteiger partial charge in [0, 0.05) is 25.4 Å². The number of amides is 1. The average molecular weight is 341 g/mol. The molecule has 1 unspecified atom stereocenters. The maximum absolute atomic E-state index is 12.6. The standard InChI is InChI=1S/C14H19N3O5S/c1-14(2,3)22-13(18)16-8-6-10(9-16)23(21)12-11(17(19)20)5-4-7-15-12/h4-5,7,10H,6,8-9H2,1-3H3/t10-,23?/m0/s1. The Hall–Kier alpha value is -2.03. The summed E-state index contributed by atoms with van der Waals surface area (Å²) in [5.74, 6) is 0. The van der Waals surface area contributed by atoms with Crippen molar-refractivity contribution in [3.63, 3.8) is 0 Å². The molecule has 2 rings (SSSR count). The smallest absolute Gasteiger partial charge is 0.410 e. The van der Waals surface area contributed by atoms with Gasteiger partial charge in [0.1, 0.15) is 5.60 Å². The van der Waals surface area contributed by atoms with Gasteiger partial charge < -0.3 is 9.64 Å². The molecule has 1 aromatic heterocycles. The lowest BCUT2D eigenvalue weighted by Crippen LogP contribution is -2.36. The fourth-order valence-corrected chi connectivity index (χ4v) is 3.69. The van der Waals surface area contributed by atoms with Gasteiger partial charge in [0.15, 0.2) is 0 Å². The molecule has 0 aromatic carbocycles. The van der Waals surface area contributed by atoms with Gasteiger partial charge in [-0.05, 0) is 33.3 Å². The summed E-state index contributed by atoms with van der Waals surface area (Å²) in [6.45, 7) is 5.96. The monoisotopic (exact) mass is 341 g/mol. The van der Waals surface area contributed by atoms with Crippen molar-refractivity contribution in [3.8, 4) is 0 Å². The van der Waals surface area contributed by atoms with Crippen molar-refractivity contribution in [1.82, 2.24) is 9.88 Å². The largest absolute Gasteiger partial charge is 0.444 e. The van der Waals surface area contributed by atoms with Gasteiger partial charge in [0.05, 0.1) is 21.0 Å². The highest BCUT2D eigenvalue weighted by Gasteiger charge is 2.35. The molecule has 1 aromatic rings. The van der Waals surface area contributed by atoms with Crippen LogP contribution in [0.4, 0.5) is 10.5 Å². The van der Waals surface area contributed by atoms with Gasteiger partial charge in [-0.3, -0.25) is 14.3 Å². The molecule has 1 saturated heterocycles. The van der Waals surface area contributed by atoms with E-state index in [2.05, 4.69) is 4.98 Å². The molecule has 0 N–H and O–H groups in total. The Morgan fingerprint density at radius 3 is 2.83 bits per heavy atom. The van der Waals surface area contributed by atoms with Crippen molar-refractivity contribution < 1.29 is 18.7 Å². The van der Waals surface area contributed by atoms with Crippen LogP contribution in [0.2, 0.25) is 0 Å². The minimum Gasteiger partial charge on any atom is -0.444 e. The molecule has 23 heavy (non-hydrogen) atoms. The summed E-state index contributed by atoms with van der Waals surface area (Å²) >= 11 is 0. The quantitative estimate of drug-likeness (QED) is 0.616. The minimum atomic E-state index is -1.65. The number of hydrogen-bond donors (Lipinski definition) is 0. The SMILES string of the molecule is CC(C)(C)OC(=O)N1CC[C@H](S(=O)c2ncccc2[N+](=O)[O-])C1. The van der Waals surface area contributed by atoms with Crippen molar-refractivity contribution in [2.24, 2.45) is 0 Å². The third-order valence-corrected chi connectivity index (χ3v) is 4.92. The molecule has 2 heterocycles. The van der Waals surface area contributed by atoms with Crippen molar-refractivity contribution >= 4 is 22.6 Å². The van der Waals surface area contributed by atoms with E-state index in [-0.39, 0.29) is 17.3 Å². The van der Waals surface area contributed by atoms with Gasteiger partial charge in [-0.25, -0.2) is 9.78 Å². The fraction of sp³-hybridized carbons (Fsp3) is 0.571. The normalized spacial score (nSPS) is 19.4. The zero-order valence-corrected chi connectivity index (χ0v) is 14.0. The van der Waals surface area contributed by atoms with Crippen LogP contribution in [0.15, 0.2) is 23.4 Å². The molecule has 1 fully saturated rings. The topological polar surface area (TPSA) is 103 Å². The second-order valence-electron chi connectivity index (χ2n) is 6.22. The molecule has 126 valence electrons. The summed E-state index contributed by atoms with van der Waals surface area (Å²) in [5.41, 5.74) is -0.866. The number of nitro groups is 1. The minimum absolute atomic E-state index is 0.0476. The van der Waals surface area contributed by atoms with E-state index in [1.807, 2.05) is 0 Å². The van der Waals surface area contributed by atoms with Gasteiger partial charge in [-0.1, -0.05) is 0 Å². The molecule has 0 radical (unpaired) electrons. The van der Waals surface area contributed by atoms with E-state index >= 15 is 0 Å². The van der Waals surface area contributed by atoms with E-state index in [1.165, 1.54) is 23.2 Å². The summed E-state index contributed by atoms with van der Waals surface area (Å²) in [4.78, 5) is 27.8. The first-order valence-electron chi connectivity index (χ1n) is 7.17. The van der Waals surface area contributed by atoms with Crippen molar-refractivity contribution in [2.45, 2.75) is 43.1 Å². The van der Waals surface area contributed by atoms with Crippen molar-refractivity contribution in [3.05, 3.63) is 28.4 Å². The first kappa shape index (κ1) is 17.3.